The smallest absolute Gasteiger partial charge is 0.260 e. The Morgan fingerprint density at radius 2 is 2.10 bits per heavy atom. The quantitative estimate of drug-likeness (QED) is 0.711. The van der Waals surface area contributed by atoms with Crippen molar-refractivity contribution in [2.45, 2.75) is 32.9 Å². The number of carbonyl (C=O) groups is 1. The zero-order valence-electron chi connectivity index (χ0n) is 16.8. The van der Waals surface area contributed by atoms with Crippen molar-refractivity contribution in [2.24, 2.45) is 0 Å². The number of hydrogen-bond acceptors (Lipinski definition) is 6. The molecule has 3 rings (SSSR count). The molecule has 1 saturated heterocycles. The molecule has 2 aromatic rings. The van der Waals surface area contributed by atoms with E-state index in [0.717, 1.165) is 17.0 Å². The summed E-state index contributed by atoms with van der Waals surface area (Å²) in [6, 6.07) is 8.65. The fraction of sp³-hybridized carbons (Fsp3) is 0.450. The summed E-state index contributed by atoms with van der Waals surface area (Å²) in [5.41, 5.74) is 2.94. The van der Waals surface area contributed by atoms with Crippen LogP contribution in [-0.4, -0.2) is 54.2 Å². The third-order valence-corrected chi connectivity index (χ3v) is 6.96. The molecular weight excluding hydrogens is 392 g/mol. The van der Waals surface area contributed by atoms with E-state index in [2.05, 4.69) is 5.10 Å². The number of amides is 1. The second kappa shape index (κ2) is 8.25. The summed E-state index contributed by atoms with van der Waals surface area (Å²) in [5, 5.41) is 13.6. The Kier molecular flexibility index (Phi) is 5.94. The summed E-state index contributed by atoms with van der Waals surface area (Å²) in [6.45, 7) is 3.93. The molecule has 0 N–H and O–H groups in total. The lowest BCUT2D eigenvalue weighted by atomic mass is 10.1. The lowest BCUT2D eigenvalue weighted by molar-refractivity contribution is -0.132. The Bertz CT molecular complexity index is 1070. The van der Waals surface area contributed by atoms with Gasteiger partial charge >= 0.3 is 0 Å². The second-order valence-corrected chi connectivity index (χ2v) is 9.53. The lowest BCUT2D eigenvalue weighted by Gasteiger charge is -2.18. The van der Waals surface area contributed by atoms with Gasteiger partial charge in [0.15, 0.2) is 16.4 Å². The van der Waals surface area contributed by atoms with Gasteiger partial charge in [-0.1, -0.05) is 12.1 Å². The van der Waals surface area contributed by atoms with Crippen LogP contribution in [0.4, 0.5) is 0 Å². The van der Waals surface area contributed by atoms with E-state index < -0.39 is 9.84 Å². The molecule has 1 aromatic heterocycles. The van der Waals surface area contributed by atoms with Crippen molar-refractivity contribution in [2.75, 3.05) is 25.2 Å². The van der Waals surface area contributed by atoms with Gasteiger partial charge in [0.1, 0.15) is 11.8 Å². The molecule has 1 aliphatic heterocycles. The average molecular weight is 417 g/mol. The number of rotatable bonds is 6. The molecule has 0 radical (unpaired) electrons. The number of likely N-dealkylation sites (N-methyl/N-ethyl adjacent to an activating group) is 1. The molecule has 154 valence electrons. The molecule has 1 fully saturated rings. The highest BCUT2D eigenvalue weighted by Crippen LogP contribution is 2.27. The van der Waals surface area contributed by atoms with Gasteiger partial charge in [-0.25, -0.2) is 8.42 Å². The van der Waals surface area contributed by atoms with Crippen molar-refractivity contribution in [1.82, 2.24) is 14.7 Å². The first-order chi connectivity index (χ1) is 13.7. The van der Waals surface area contributed by atoms with E-state index in [-0.39, 0.29) is 30.1 Å². The molecule has 0 bridgehead atoms. The molecule has 8 nitrogen and oxygen atoms in total. The minimum atomic E-state index is -3.00. The van der Waals surface area contributed by atoms with Crippen LogP contribution >= 0.6 is 0 Å². The Morgan fingerprint density at radius 1 is 1.38 bits per heavy atom. The number of carbonyl (C=O) groups excluding carboxylic acids is 1. The van der Waals surface area contributed by atoms with Gasteiger partial charge in [-0.15, -0.1) is 0 Å². The molecule has 0 unspecified atom stereocenters. The molecular formula is C20H24N4O4S. The predicted octanol–water partition coefficient (Wildman–Crippen LogP) is 1.77. The highest BCUT2D eigenvalue weighted by atomic mass is 32.2. The van der Waals surface area contributed by atoms with Crippen molar-refractivity contribution >= 4 is 15.7 Å². The topological polar surface area (TPSA) is 105 Å². The maximum atomic E-state index is 12.5. The van der Waals surface area contributed by atoms with Crippen molar-refractivity contribution in [3.05, 3.63) is 46.8 Å². The number of sulfone groups is 1. The Labute approximate surface area is 170 Å². The van der Waals surface area contributed by atoms with Gasteiger partial charge in [0.25, 0.3) is 5.91 Å². The first-order valence-corrected chi connectivity index (χ1v) is 11.1. The number of aryl methyl sites for hydroxylation is 1. The molecule has 0 aliphatic carbocycles. The summed E-state index contributed by atoms with van der Waals surface area (Å²) in [6.07, 6.45) is 0.560. The predicted molar refractivity (Wildman–Crippen MR) is 107 cm³/mol. The SMILES string of the molecule is Cc1nn([C@@H]2CCS(=O)(=O)C2)c(C)c1CN(C)C(=O)COc1ccccc1C#N. The summed E-state index contributed by atoms with van der Waals surface area (Å²) in [5.74, 6) is 0.438. The minimum Gasteiger partial charge on any atom is -0.482 e. The van der Waals surface area contributed by atoms with Crippen molar-refractivity contribution in [3.8, 4) is 11.8 Å². The first-order valence-electron chi connectivity index (χ1n) is 9.32. The van der Waals surface area contributed by atoms with E-state index in [1.807, 2.05) is 19.9 Å². The molecule has 1 amide bonds. The third-order valence-electron chi connectivity index (χ3n) is 5.21. The summed E-state index contributed by atoms with van der Waals surface area (Å²) >= 11 is 0. The number of nitriles is 1. The molecule has 1 aromatic carbocycles. The Hall–Kier alpha value is -2.86. The van der Waals surface area contributed by atoms with Crippen LogP contribution < -0.4 is 4.74 Å². The monoisotopic (exact) mass is 416 g/mol. The van der Waals surface area contributed by atoms with E-state index in [4.69, 9.17) is 10.00 Å². The number of aromatic nitrogens is 2. The molecule has 29 heavy (non-hydrogen) atoms. The van der Waals surface area contributed by atoms with Gasteiger partial charge in [0, 0.05) is 24.8 Å². The van der Waals surface area contributed by atoms with Gasteiger partial charge in [-0.2, -0.15) is 10.4 Å². The van der Waals surface area contributed by atoms with E-state index in [1.54, 1.807) is 40.9 Å². The van der Waals surface area contributed by atoms with Crippen LogP contribution in [-0.2, 0) is 21.2 Å². The van der Waals surface area contributed by atoms with Crippen LogP contribution in [0.15, 0.2) is 24.3 Å². The van der Waals surface area contributed by atoms with Crippen LogP contribution in [0.3, 0.4) is 0 Å². The van der Waals surface area contributed by atoms with Crippen LogP contribution in [0.25, 0.3) is 0 Å². The summed E-state index contributed by atoms with van der Waals surface area (Å²) in [4.78, 5) is 14.0. The molecule has 0 spiro atoms. The zero-order valence-corrected chi connectivity index (χ0v) is 17.6. The molecule has 0 saturated carbocycles. The average Bonchev–Trinajstić information content (AvgIpc) is 3.19. The highest BCUT2D eigenvalue weighted by molar-refractivity contribution is 7.91. The Morgan fingerprint density at radius 3 is 2.76 bits per heavy atom. The van der Waals surface area contributed by atoms with Crippen molar-refractivity contribution < 1.29 is 17.9 Å². The van der Waals surface area contributed by atoms with Gasteiger partial charge in [-0.05, 0) is 32.4 Å². The normalized spacial score (nSPS) is 17.7. The zero-order chi connectivity index (χ0) is 21.2. The van der Waals surface area contributed by atoms with Gasteiger partial charge < -0.3 is 9.64 Å². The summed E-state index contributed by atoms with van der Waals surface area (Å²) < 4.78 is 30.9. The van der Waals surface area contributed by atoms with Gasteiger partial charge in [0.05, 0.1) is 28.8 Å². The first kappa shape index (κ1) is 20.9. The second-order valence-electron chi connectivity index (χ2n) is 7.30. The number of hydrogen-bond donors (Lipinski definition) is 0. The standard InChI is InChI=1S/C20H24N4O4S/c1-14-18(15(2)24(22-14)17-8-9-29(26,27)13-17)11-23(3)20(25)12-28-19-7-5-4-6-16(19)10-21/h4-7,17H,8-9,11-13H2,1-3H3/t17-/m1/s1. The molecule has 1 aliphatic rings. The minimum absolute atomic E-state index is 0.106. The van der Waals surface area contributed by atoms with Gasteiger partial charge in [0.2, 0.25) is 0 Å². The fourth-order valence-corrected chi connectivity index (χ4v) is 5.20. The largest absolute Gasteiger partial charge is 0.482 e. The number of benzene rings is 1. The van der Waals surface area contributed by atoms with E-state index >= 15 is 0 Å². The van der Waals surface area contributed by atoms with Crippen molar-refractivity contribution in [1.29, 1.82) is 5.26 Å². The van der Waals surface area contributed by atoms with Gasteiger partial charge in [-0.3, -0.25) is 9.48 Å². The van der Waals surface area contributed by atoms with E-state index in [0.29, 0.717) is 24.3 Å². The van der Waals surface area contributed by atoms with Crippen LogP contribution in [0.2, 0.25) is 0 Å². The third kappa shape index (κ3) is 4.59. The lowest BCUT2D eigenvalue weighted by Crippen LogP contribution is -2.31. The number of nitrogens with zero attached hydrogens (tertiary/aromatic N) is 4. The highest BCUT2D eigenvalue weighted by Gasteiger charge is 2.31. The van der Waals surface area contributed by atoms with Crippen LogP contribution in [0.1, 0.15) is 35.0 Å². The molecule has 9 heteroatoms. The van der Waals surface area contributed by atoms with Crippen molar-refractivity contribution in [3.63, 3.8) is 0 Å². The van der Waals surface area contributed by atoms with E-state index in [1.165, 1.54) is 0 Å². The number of para-hydroxylation sites is 1. The maximum absolute atomic E-state index is 12.5. The van der Waals surface area contributed by atoms with Crippen LogP contribution in [0, 0.1) is 25.2 Å². The Balaban J connectivity index is 1.66. The molecule has 2 heterocycles. The molecule has 1 atom stereocenters. The summed E-state index contributed by atoms with van der Waals surface area (Å²) in [7, 11) is -1.33. The maximum Gasteiger partial charge on any atom is 0.260 e. The number of ether oxygens (including phenoxy) is 1. The van der Waals surface area contributed by atoms with E-state index in [9.17, 15) is 13.2 Å². The fourth-order valence-electron chi connectivity index (χ4n) is 3.51. The van der Waals surface area contributed by atoms with Crippen LogP contribution in [0.5, 0.6) is 5.75 Å².